The Bertz CT molecular complexity index is 530. The van der Waals surface area contributed by atoms with Crippen molar-refractivity contribution in [2.45, 2.75) is 32.7 Å². The molecule has 1 aromatic rings. The number of hydrogen-bond acceptors (Lipinski definition) is 3. The van der Waals surface area contributed by atoms with Gasteiger partial charge in [0.15, 0.2) is 0 Å². The minimum absolute atomic E-state index is 0.00991. The lowest BCUT2D eigenvalue weighted by Crippen LogP contribution is -2.34. The lowest BCUT2D eigenvalue weighted by molar-refractivity contribution is 0.0693. The zero-order valence-electron chi connectivity index (χ0n) is 11.4. The van der Waals surface area contributed by atoms with Crippen LogP contribution in [0.5, 0.6) is 0 Å². The number of likely N-dealkylation sites (tertiary alicyclic amines) is 1. The molecular weight excluding hydrogens is 244 g/mol. The average molecular weight is 264 g/mol. The van der Waals surface area contributed by atoms with Gasteiger partial charge in [-0.15, -0.1) is 0 Å². The van der Waals surface area contributed by atoms with Crippen LogP contribution in [0.4, 0.5) is 0 Å². The summed E-state index contributed by atoms with van der Waals surface area (Å²) < 4.78 is 1.54. The number of aromatic nitrogens is 1. The molecule has 0 aliphatic carbocycles. The smallest absolute Gasteiger partial charge is 0.341 e. The molecule has 1 fully saturated rings. The first kappa shape index (κ1) is 13.8. The Kier molecular flexibility index (Phi) is 4.04. The van der Waals surface area contributed by atoms with E-state index in [1.165, 1.54) is 17.4 Å². The molecule has 1 aliphatic heterocycles. The summed E-state index contributed by atoms with van der Waals surface area (Å²) in [6.07, 6.45) is 4.11. The summed E-state index contributed by atoms with van der Waals surface area (Å²) >= 11 is 0. The number of hydrogen-bond donors (Lipinski definition) is 1. The second-order valence-corrected chi connectivity index (χ2v) is 5.25. The Hall–Kier alpha value is -1.62. The van der Waals surface area contributed by atoms with Crippen LogP contribution in [0, 0.1) is 6.92 Å². The maximum absolute atomic E-state index is 12.2. The zero-order valence-corrected chi connectivity index (χ0v) is 11.4. The molecule has 2 rings (SSSR count). The quantitative estimate of drug-likeness (QED) is 0.895. The molecule has 2 heterocycles. The van der Waals surface area contributed by atoms with Gasteiger partial charge in [0, 0.05) is 18.8 Å². The number of rotatable bonds is 4. The lowest BCUT2D eigenvalue weighted by Gasteiger charge is -2.22. The van der Waals surface area contributed by atoms with Crippen LogP contribution in [0.2, 0.25) is 0 Å². The van der Waals surface area contributed by atoms with Crippen molar-refractivity contribution < 1.29 is 9.90 Å². The molecule has 5 heteroatoms. The minimum atomic E-state index is -1.15. The molecule has 0 saturated carbocycles. The number of carbonyl (C=O) groups is 1. The van der Waals surface area contributed by atoms with Crippen LogP contribution in [-0.2, 0) is 0 Å². The molecule has 1 saturated heterocycles. The van der Waals surface area contributed by atoms with Crippen LogP contribution in [-0.4, -0.2) is 40.2 Å². The second-order valence-electron chi connectivity index (χ2n) is 5.25. The summed E-state index contributed by atoms with van der Waals surface area (Å²) in [6, 6.07) is 1.69. The summed E-state index contributed by atoms with van der Waals surface area (Å²) in [6.45, 7) is 6.54. The summed E-state index contributed by atoms with van der Waals surface area (Å²) in [5.41, 5.74) is -0.00269. The molecular formula is C14H20N2O3. The molecule has 1 atom stereocenters. The predicted octanol–water partition coefficient (Wildman–Crippen LogP) is 1.51. The Morgan fingerprint density at radius 2 is 2.05 bits per heavy atom. The van der Waals surface area contributed by atoms with Crippen molar-refractivity contribution in [2.75, 3.05) is 19.6 Å². The standard InChI is InChI=1S/C14H20N2O3/c1-10-5-8-16(13(17)12(10)14(18)19)11(2)9-15-6-3-4-7-15/h5,8,11H,3-4,6-7,9H2,1-2H3,(H,18,19). The number of carboxylic acid groups (broad SMARTS) is 1. The Labute approximate surface area is 112 Å². The maximum Gasteiger partial charge on any atom is 0.341 e. The van der Waals surface area contributed by atoms with Crippen LogP contribution in [0.1, 0.15) is 41.7 Å². The van der Waals surface area contributed by atoms with Crippen LogP contribution in [0.3, 0.4) is 0 Å². The molecule has 0 aromatic carbocycles. The number of nitrogens with zero attached hydrogens (tertiary/aromatic N) is 2. The summed E-state index contributed by atoms with van der Waals surface area (Å²) in [5, 5.41) is 9.11. The van der Waals surface area contributed by atoms with E-state index in [9.17, 15) is 9.59 Å². The largest absolute Gasteiger partial charge is 0.477 e. The van der Waals surface area contributed by atoms with Crippen LogP contribution < -0.4 is 5.56 Å². The third-order valence-corrected chi connectivity index (χ3v) is 3.74. The highest BCUT2D eigenvalue weighted by Crippen LogP contribution is 2.13. The molecule has 1 aromatic heterocycles. The molecule has 1 N–H and O–H groups in total. The van der Waals surface area contributed by atoms with Crippen molar-refractivity contribution in [3.05, 3.63) is 33.7 Å². The normalized spacial score (nSPS) is 17.6. The fraction of sp³-hybridized carbons (Fsp3) is 0.571. The van der Waals surface area contributed by atoms with Gasteiger partial charge in [-0.05, 0) is 51.4 Å². The first-order valence-electron chi connectivity index (χ1n) is 6.68. The fourth-order valence-corrected chi connectivity index (χ4v) is 2.67. The topological polar surface area (TPSA) is 62.5 Å². The summed E-state index contributed by atoms with van der Waals surface area (Å²) in [7, 11) is 0. The number of pyridine rings is 1. The van der Waals surface area contributed by atoms with Crippen molar-refractivity contribution in [1.29, 1.82) is 0 Å². The van der Waals surface area contributed by atoms with Gasteiger partial charge in [-0.3, -0.25) is 4.79 Å². The van der Waals surface area contributed by atoms with Crippen molar-refractivity contribution in [2.24, 2.45) is 0 Å². The first-order valence-corrected chi connectivity index (χ1v) is 6.68. The van der Waals surface area contributed by atoms with E-state index < -0.39 is 11.5 Å². The van der Waals surface area contributed by atoms with Gasteiger partial charge in [-0.25, -0.2) is 4.79 Å². The first-order chi connectivity index (χ1) is 9.00. The van der Waals surface area contributed by atoms with E-state index in [-0.39, 0.29) is 11.6 Å². The Morgan fingerprint density at radius 3 is 2.63 bits per heavy atom. The van der Waals surface area contributed by atoms with Gasteiger partial charge in [0.25, 0.3) is 5.56 Å². The van der Waals surface area contributed by atoms with Crippen molar-refractivity contribution >= 4 is 5.97 Å². The van der Waals surface area contributed by atoms with E-state index in [0.717, 1.165) is 19.6 Å². The van der Waals surface area contributed by atoms with Gasteiger partial charge in [0.05, 0.1) is 0 Å². The van der Waals surface area contributed by atoms with Crippen LogP contribution in [0.25, 0.3) is 0 Å². The van der Waals surface area contributed by atoms with E-state index in [4.69, 9.17) is 5.11 Å². The zero-order chi connectivity index (χ0) is 14.0. The van der Waals surface area contributed by atoms with Gasteiger partial charge in [0.1, 0.15) is 5.56 Å². The van der Waals surface area contributed by atoms with E-state index in [0.29, 0.717) is 5.56 Å². The molecule has 1 aliphatic rings. The number of aryl methyl sites for hydroxylation is 1. The van der Waals surface area contributed by atoms with E-state index in [1.54, 1.807) is 19.2 Å². The Morgan fingerprint density at radius 1 is 1.42 bits per heavy atom. The summed E-state index contributed by atoms with van der Waals surface area (Å²) in [4.78, 5) is 25.7. The average Bonchev–Trinajstić information content (AvgIpc) is 2.81. The van der Waals surface area contributed by atoms with E-state index in [1.807, 2.05) is 6.92 Å². The second kappa shape index (κ2) is 5.57. The van der Waals surface area contributed by atoms with Gasteiger partial charge in [0.2, 0.25) is 0 Å². The van der Waals surface area contributed by atoms with Crippen molar-refractivity contribution in [3.8, 4) is 0 Å². The van der Waals surface area contributed by atoms with E-state index >= 15 is 0 Å². The van der Waals surface area contributed by atoms with Gasteiger partial charge in [-0.2, -0.15) is 0 Å². The molecule has 0 radical (unpaired) electrons. The monoisotopic (exact) mass is 264 g/mol. The summed E-state index contributed by atoms with van der Waals surface area (Å²) in [5.74, 6) is -1.15. The third kappa shape index (κ3) is 2.87. The molecule has 1 unspecified atom stereocenters. The van der Waals surface area contributed by atoms with Crippen LogP contribution >= 0.6 is 0 Å². The molecule has 5 nitrogen and oxygen atoms in total. The lowest BCUT2D eigenvalue weighted by atomic mass is 10.1. The number of aromatic carboxylic acids is 1. The third-order valence-electron chi connectivity index (χ3n) is 3.74. The fourth-order valence-electron chi connectivity index (χ4n) is 2.67. The highest BCUT2D eigenvalue weighted by atomic mass is 16.4. The van der Waals surface area contributed by atoms with Crippen molar-refractivity contribution in [1.82, 2.24) is 9.47 Å². The van der Waals surface area contributed by atoms with Gasteiger partial charge < -0.3 is 14.6 Å². The Balaban J connectivity index is 2.26. The molecule has 0 bridgehead atoms. The maximum atomic E-state index is 12.2. The molecule has 104 valence electrons. The van der Waals surface area contributed by atoms with Gasteiger partial charge in [-0.1, -0.05) is 0 Å². The van der Waals surface area contributed by atoms with Crippen molar-refractivity contribution in [3.63, 3.8) is 0 Å². The van der Waals surface area contributed by atoms with Gasteiger partial charge >= 0.3 is 5.97 Å². The molecule has 0 amide bonds. The predicted molar refractivity (Wildman–Crippen MR) is 72.8 cm³/mol. The molecule has 19 heavy (non-hydrogen) atoms. The number of carboxylic acids is 1. The highest BCUT2D eigenvalue weighted by molar-refractivity contribution is 5.88. The highest BCUT2D eigenvalue weighted by Gasteiger charge is 2.19. The minimum Gasteiger partial charge on any atom is -0.477 e. The SMILES string of the molecule is Cc1ccn(C(C)CN2CCCC2)c(=O)c1C(=O)O. The van der Waals surface area contributed by atoms with E-state index in [2.05, 4.69) is 4.90 Å². The van der Waals surface area contributed by atoms with Crippen LogP contribution in [0.15, 0.2) is 17.1 Å². The molecule has 0 spiro atoms.